The molecule has 2 atom stereocenters. The molecular formula is C30H35N3O2. The summed E-state index contributed by atoms with van der Waals surface area (Å²) in [6, 6.07) is 26.2. The van der Waals surface area contributed by atoms with Gasteiger partial charge in [0.2, 0.25) is 5.91 Å². The van der Waals surface area contributed by atoms with Gasteiger partial charge in [0.15, 0.2) is 0 Å². The summed E-state index contributed by atoms with van der Waals surface area (Å²) in [4.78, 5) is 17.5. The number of rotatable bonds is 11. The second-order valence-corrected chi connectivity index (χ2v) is 9.14. The van der Waals surface area contributed by atoms with Crippen molar-refractivity contribution in [1.29, 1.82) is 0 Å². The van der Waals surface area contributed by atoms with Gasteiger partial charge in [-0.05, 0) is 61.1 Å². The first-order valence-corrected chi connectivity index (χ1v) is 12.6. The molecule has 4 aromatic rings. The number of amides is 1. The van der Waals surface area contributed by atoms with Crippen molar-refractivity contribution in [2.45, 2.75) is 58.5 Å². The number of carbonyl (C=O) groups is 1. The van der Waals surface area contributed by atoms with Gasteiger partial charge in [-0.1, -0.05) is 68.4 Å². The van der Waals surface area contributed by atoms with Crippen LogP contribution in [0.15, 0.2) is 78.9 Å². The maximum atomic E-state index is 12.7. The summed E-state index contributed by atoms with van der Waals surface area (Å²) in [6.45, 7) is 7.83. The number of carbonyl (C=O) groups excluding carboxylic acids is 1. The normalized spacial score (nSPS) is 12.9. The standard InChI is InChI=1S/C30H35N3O2/c1-4-22(2)25-15-17-26(18-16-25)35-20-10-19-33-28-14-9-8-13-27(28)32-30(33)23(3)31-29(34)21-24-11-6-5-7-12-24/h5-9,11-18,22-23H,4,10,19-21H2,1-3H3,(H,31,34). The highest BCUT2D eigenvalue weighted by Gasteiger charge is 2.18. The van der Waals surface area contributed by atoms with E-state index in [1.54, 1.807) is 0 Å². The minimum absolute atomic E-state index is 0.00789. The van der Waals surface area contributed by atoms with Crippen molar-refractivity contribution in [3.8, 4) is 5.75 Å². The molecule has 0 saturated carbocycles. The Kier molecular flexibility index (Phi) is 8.19. The fourth-order valence-corrected chi connectivity index (χ4v) is 4.34. The maximum Gasteiger partial charge on any atom is 0.224 e. The van der Waals surface area contributed by atoms with Crippen LogP contribution in [0.25, 0.3) is 11.0 Å². The topological polar surface area (TPSA) is 56.1 Å². The van der Waals surface area contributed by atoms with Gasteiger partial charge in [0.05, 0.1) is 30.1 Å². The number of aryl methyl sites for hydroxylation is 1. The van der Waals surface area contributed by atoms with Gasteiger partial charge in [-0.2, -0.15) is 0 Å². The van der Waals surface area contributed by atoms with E-state index < -0.39 is 0 Å². The van der Waals surface area contributed by atoms with Crippen LogP contribution in [0.2, 0.25) is 0 Å². The number of imidazole rings is 1. The summed E-state index contributed by atoms with van der Waals surface area (Å²) in [5, 5.41) is 3.13. The largest absolute Gasteiger partial charge is 0.494 e. The predicted molar refractivity (Wildman–Crippen MR) is 142 cm³/mol. The summed E-state index contributed by atoms with van der Waals surface area (Å²) >= 11 is 0. The fraction of sp³-hybridized carbons (Fsp3) is 0.333. The molecule has 182 valence electrons. The molecule has 0 aliphatic rings. The van der Waals surface area contributed by atoms with Crippen molar-refractivity contribution in [2.24, 2.45) is 0 Å². The van der Waals surface area contributed by atoms with Crippen LogP contribution in [-0.2, 0) is 17.8 Å². The number of nitrogens with zero attached hydrogens (tertiary/aromatic N) is 2. The van der Waals surface area contributed by atoms with Crippen molar-refractivity contribution in [3.05, 3.63) is 95.8 Å². The Morgan fingerprint density at radius 3 is 2.43 bits per heavy atom. The predicted octanol–water partition coefficient (Wildman–Crippen LogP) is 6.44. The number of hydrogen-bond acceptors (Lipinski definition) is 3. The van der Waals surface area contributed by atoms with Gasteiger partial charge in [-0.25, -0.2) is 4.98 Å². The highest BCUT2D eigenvalue weighted by molar-refractivity contribution is 5.79. The zero-order valence-corrected chi connectivity index (χ0v) is 20.9. The molecule has 5 nitrogen and oxygen atoms in total. The number of benzene rings is 3. The minimum Gasteiger partial charge on any atom is -0.494 e. The van der Waals surface area contributed by atoms with Crippen molar-refractivity contribution in [1.82, 2.24) is 14.9 Å². The number of aromatic nitrogens is 2. The van der Waals surface area contributed by atoms with E-state index in [9.17, 15) is 4.79 Å². The molecule has 4 rings (SSSR count). The molecule has 0 radical (unpaired) electrons. The molecule has 0 saturated heterocycles. The maximum absolute atomic E-state index is 12.7. The van der Waals surface area contributed by atoms with Crippen LogP contribution in [0.4, 0.5) is 0 Å². The molecule has 0 fully saturated rings. The number of nitrogens with one attached hydrogen (secondary N) is 1. The quantitative estimate of drug-likeness (QED) is 0.257. The van der Waals surface area contributed by atoms with Crippen LogP contribution in [-0.4, -0.2) is 22.1 Å². The van der Waals surface area contributed by atoms with Gasteiger partial charge in [0.1, 0.15) is 11.6 Å². The van der Waals surface area contributed by atoms with Crippen LogP contribution >= 0.6 is 0 Å². The molecule has 2 unspecified atom stereocenters. The third kappa shape index (κ3) is 6.30. The van der Waals surface area contributed by atoms with E-state index in [1.165, 1.54) is 5.56 Å². The molecule has 0 spiro atoms. The average Bonchev–Trinajstić information content (AvgIpc) is 3.26. The Morgan fingerprint density at radius 1 is 0.971 bits per heavy atom. The van der Waals surface area contributed by atoms with Crippen LogP contribution in [0.1, 0.15) is 62.5 Å². The Balaban J connectivity index is 1.39. The summed E-state index contributed by atoms with van der Waals surface area (Å²) in [5.41, 5.74) is 4.36. The van der Waals surface area contributed by atoms with E-state index in [-0.39, 0.29) is 11.9 Å². The molecule has 35 heavy (non-hydrogen) atoms. The van der Waals surface area contributed by atoms with Crippen molar-refractivity contribution < 1.29 is 9.53 Å². The fourth-order valence-electron chi connectivity index (χ4n) is 4.34. The molecule has 0 bridgehead atoms. The van der Waals surface area contributed by atoms with Crippen LogP contribution in [0.3, 0.4) is 0 Å². The second kappa shape index (κ2) is 11.7. The van der Waals surface area contributed by atoms with Gasteiger partial charge in [0.25, 0.3) is 0 Å². The first-order valence-electron chi connectivity index (χ1n) is 12.6. The first-order chi connectivity index (χ1) is 17.0. The number of ether oxygens (including phenoxy) is 1. The molecule has 0 aliphatic heterocycles. The zero-order chi connectivity index (χ0) is 24.6. The van der Waals surface area contributed by atoms with Gasteiger partial charge >= 0.3 is 0 Å². The molecule has 1 aromatic heterocycles. The summed E-state index contributed by atoms with van der Waals surface area (Å²) in [6.07, 6.45) is 2.33. The Hall–Kier alpha value is -3.60. The van der Waals surface area contributed by atoms with Gasteiger partial charge < -0.3 is 14.6 Å². The number of hydrogen-bond donors (Lipinski definition) is 1. The minimum atomic E-state index is -0.201. The molecule has 1 heterocycles. The zero-order valence-electron chi connectivity index (χ0n) is 20.9. The van der Waals surface area contributed by atoms with Gasteiger partial charge in [-0.15, -0.1) is 0 Å². The SMILES string of the molecule is CCC(C)c1ccc(OCCCn2c(C(C)NC(=O)Cc3ccccc3)nc3ccccc32)cc1. The lowest BCUT2D eigenvalue weighted by Gasteiger charge is -2.17. The second-order valence-electron chi connectivity index (χ2n) is 9.14. The number of fused-ring (bicyclic) bond motifs is 1. The van der Waals surface area contributed by atoms with Crippen LogP contribution in [0.5, 0.6) is 5.75 Å². The van der Waals surface area contributed by atoms with E-state index in [2.05, 4.69) is 54.1 Å². The lowest BCUT2D eigenvalue weighted by Crippen LogP contribution is -2.30. The van der Waals surface area contributed by atoms with Crippen molar-refractivity contribution >= 4 is 16.9 Å². The number of para-hydroxylation sites is 2. The average molecular weight is 470 g/mol. The van der Waals surface area contributed by atoms with E-state index in [4.69, 9.17) is 9.72 Å². The van der Waals surface area contributed by atoms with E-state index >= 15 is 0 Å². The molecule has 1 N–H and O–H groups in total. The molecule has 3 aromatic carbocycles. The third-order valence-corrected chi connectivity index (χ3v) is 6.51. The molecule has 0 aliphatic carbocycles. The van der Waals surface area contributed by atoms with E-state index in [0.717, 1.165) is 47.6 Å². The van der Waals surface area contributed by atoms with Gasteiger partial charge in [0, 0.05) is 6.54 Å². The summed E-state index contributed by atoms with van der Waals surface area (Å²) < 4.78 is 8.22. The molecular weight excluding hydrogens is 434 g/mol. The molecule has 1 amide bonds. The highest BCUT2D eigenvalue weighted by atomic mass is 16.5. The summed E-state index contributed by atoms with van der Waals surface area (Å²) in [7, 11) is 0. The Bertz CT molecular complexity index is 1230. The van der Waals surface area contributed by atoms with Gasteiger partial charge in [-0.3, -0.25) is 4.79 Å². The Morgan fingerprint density at radius 2 is 1.69 bits per heavy atom. The summed E-state index contributed by atoms with van der Waals surface area (Å²) in [5.74, 6) is 2.32. The highest BCUT2D eigenvalue weighted by Crippen LogP contribution is 2.23. The van der Waals surface area contributed by atoms with Crippen LogP contribution in [0, 0.1) is 0 Å². The first kappa shape index (κ1) is 24.5. The monoisotopic (exact) mass is 469 g/mol. The van der Waals surface area contributed by atoms with E-state index in [1.807, 2.05) is 55.5 Å². The van der Waals surface area contributed by atoms with Crippen molar-refractivity contribution in [2.75, 3.05) is 6.61 Å². The lowest BCUT2D eigenvalue weighted by molar-refractivity contribution is -0.121. The van der Waals surface area contributed by atoms with Crippen LogP contribution < -0.4 is 10.1 Å². The van der Waals surface area contributed by atoms with E-state index in [0.29, 0.717) is 18.9 Å². The lowest BCUT2D eigenvalue weighted by atomic mass is 9.99. The Labute approximate surface area is 208 Å². The smallest absolute Gasteiger partial charge is 0.224 e. The molecule has 5 heteroatoms. The van der Waals surface area contributed by atoms with Crippen molar-refractivity contribution in [3.63, 3.8) is 0 Å². The third-order valence-electron chi connectivity index (χ3n) is 6.51.